The first-order chi connectivity index (χ1) is 15.1. The van der Waals surface area contributed by atoms with Crippen molar-refractivity contribution in [1.82, 2.24) is 9.97 Å². The Hall–Kier alpha value is -4.19. The van der Waals surface area contributed by atoms with Crippen LogP contribution in [0.4, 0.5) is 15.8 Å². The summed E-state index contributed by atoms with van der Waals surface area (Å²) in [7, 11) is 0. The summed E-state index contributed by atoms with van der Waals surface area (Å²) in [6.07, 6.45) is 1.67. The lowest BCUT2D eigenvalue weighted by molar-refractivity contribution is -0.110. The van der Waals surface area contributed by atoms with Crippen LogP contribution in [0.5, 0.6) is 0 Å². The molecule has 1 aromatic heterocycles. The highest BCUT2D eigenvalue weighted by Crippen LogP contribution is 2.38. The Bertz CT molecular complexity index is 1310. The molecular weight excluding hydrogens is 391 g/mol. The number of aromatic amines is 1. The number of nitrogens with one attached hydrogen (secondary N) is 3. The lowest BCUT2D eigenvalue weighted by Gasteiger charge is -2.15. The minimum absolute atomic E-state index is 0.268. The summed E-state index contributed by atoms with van der Waals surface area (Å²) in [6.45, 7) is 1.98. The number of halogens is 1. The first-order valence-electron chi connectivity index (χ1n) is 9.88. The zero-order chi connectivity index (χ0) is 21.4. The van der Waals surface area contributed by atoms with E-state index in [1.165, 1.54) is 12.1 Å². The number of rotatable bonds is 4. The molecule has 0 bridgehead atoms. The first-order valence-corrected chi connectivity index (χ1v) is 9.88. The van der Waals surface area contributed by atoms with Crippen molar-refractivity contribution in [2.45, 2.75) is 6.92 Å². The molecule has 0 fully saturated rings. The molecule has 0 saturated heterocycles. The maximum Gasteiger partial charge on any atom is 0.258 e. The van der Waals surface area contributed by atoms with Crippen molar-refractivity contribution in [2.75, 3.05) is 10.6 Å². The number of H-pyrrole nitrogens is 1. The van der Waals surface area contributed by atoms with Gasteiger partial charge in [-0.05, 0) is 42.8 Å². The van der Waals surface area contributed by atoms with Crippen molar-refractivity contribution in [3.63, 3.8) is 0 Å². The number of fused-ring (bicyclic) bond motifs is 1. The van der Waals surface area contributed by atoms with Gasteiger partial charge in [0.15, 0.2) is 0 Å². The maximum atomic E-state index is 13.7. The average molecular weight is 410 g/mol. The van der Waals surface area contributed by atoms with Gasteiger partial charge in [0.1, 0.15) is 5.82 Å². The maximum absolute atomic E-state index is 13.7. The monoisotopic (exact) mass is 410 g/mol. The molecule has 0 saturated carbocycles. The largest absolute Gasteiger partial charge is 0.354 e. The summed E-state index contributed by atoms with van der Waals surface area (Å²) in [5.41, 5.74) is 6.86. The number of aromatic nitrogens is 2. The predicted molar refractivity (Wildman–Crippen MR) is 121 cm³/mol. The third-order valence-corrected chi connectivity index (χ3v) is 5.30. The van der Waals surface area contributed by atoms with Crippen LogP contribution in [0.15, 0.2) is 79.1 Å². The second-order valence-electron chi connectivity index (χ2n) is 7.34. The SMILES string of the molecule is Cc1[nH]cnc1-c1ccc(N/C(=C2\C(=O)Nc3cc(F)ccc32)c2ccccc2)cc1. The van der Waals surface area contributed by atoms with E-state index in [4.69, 9.17) is 0 Å². The Kier molecular flexibility index (Phi) is 4.59. The minimum Gasteiger partial charge on any atom is -0.354 e. The number of hydrogen-bond acceptors (Lipinski definition) is 3. The summed E-state index contributed by atoms with van der Waals surface area (Å²) in [4.78, 5) is 20.3. The van der Waals surface area contributed by atoms with Crippen molar-refractivity contribution >= 4 is 28.6 Å². The van der Waals surface area contributed by atoms with E-state index in [0.29, 0.717) is 22.5 Å². The summed E-state index contributed by atoms with van der Waals surface area (Å²) in [6, 6.07) is 21.8. The van der Waals surface area contributed by atoms with Gasteiger partial charge in [0, 0.05) is 22.5 Å². The van der Waals surface area contributed by atoms with E-state index in [9.17, 15) is 9.18 Å². The van der Waals surface area contributed by atoms with E-state index in [2.05, 4.69) is 20.6 Å². The molecule has 152 valence electrons. The zero-order valence-corrected chi connectivity index (χ0v) is 16.7. The zero-order valence-electron chi connectivity index (χ0n) is 16.7. The van der Waals surface area contributed by atoms with E-state index in [1.54, 1.807) is 12.4 Å². The molecule has 0 spiro atoms. The van der Waals surface area contributed by atoms with E-state index in [0.717, 1.165) is 28.2 Å². The smallest absolute Gasteiger partial charge is 0.258 e. The van der Waals surface area contributed by atoms with Crippen LogP contribution in [0, 0.1) is 12.7 Å². The van der Waals surface area contributed by atoms with Crippen molar-refractivity contribution in [1.29, 1.82) is 0 Å². The lowest BCUT2D eigenvalue weighted by Crippen LogP contribution is -2.10. The van der Waals surface area contributed by atoms with Crippen LogP contribution in [-0.2, 0) is 4.79 Å². The van der Waals surface area contributed by atoms with E-state index >= 15 is 0 Å². The molecule has 3 N–H and O–H groups in total. The van der Waals surface area contributed by atoms with Gasteiger partial charge < -0.3 is 15.6 Å². The van der Waals surface area contributed by atoms with Gasteiger partial charge in [-0.3, -0.25) is 4.79 Å². The molecule has 5 nitrogen and oxygen atoms in total. The van der Waals surface area contributed by atoms with Crippen molar-refractivity contribution in [2.24, 2.45) is 0 Å². The van der Waals surface area contributed by atoms with Crippen LogP contribution >= 0.6 is 0 Å². The Morgan fingerprint density at radius 1 is 1.00 bits per heavy atom. The van der Waals surface area contributed by atoms with E-state index in [1.807, 2.05) is 61.5 Å². The average Bonchev–Trinajstić information content (AvgIpc) is 3.35. The van der Waals surface area contributed by atoms with Gasteiger partial charge in [0.25, 0.3) is 5.91 Å². The standard InChI is InChI=1S/C25H19FN4O/c1-15-23(28-14-27-15)17-7-10-19(11-8-17)29-24(16-5-3-2-4-6-16)22-20-12-9-18(26)13-21(20)30-25(22)31/h2-14,29H,1H3,(H,27,28)(H,30,31)/b24-22-. The number of benzene rings is 3. The number of hydrogen-bond donors (Lipinski definition) is 3. The fraction of sp³-hybridized carbons (Fsp3) is 0.0400. The van der Waals surface area contributed by atoms with Gasteiger partial charge in [0.2, 0.25) is 0 Å². The topological polar surface area (TPSA) is 69.8 Å². The summed E-state index contributed by atoms with van der Waals surface area (Å²) in [5, 5.41) is 6.18. The highest BCUT2D eigenvalue weighted by molar-refractivity contribution is 6.37. The molecule has 1 aliphatic heterocycles. The van der Waals surface area contributed by atoms with Crippen molar-refractivity contribution in [3.8, 4) is 11.3 Å². The first kappa shape index (κ1) is 18.8. The molecule has 3 aromatic carbocycles. The van der Waals surface area contributed by atoms with Crippen LogP contribution in [0.25, 0.3) is 22.5 Å². The van der Waals surface area contributed by atoms with E-state index < -0.39 is 5.82 Å². The third-order valence-electron chi connectivity index (χ3n) is 5.30. The van der Waals surface area contributed by atoms with Gasteiger partial charge in [-0.2, -0.15) is 0 Å². The van der Waals surface area contributed by atoms with Gasteiger partial charge in [-0.1, -0.05) is 42.5 Å². The van der Waals surface area contributed by atoms with Crippen LogP contribution in [0.2, 0.25) is 0 Å². The number of anilines is 2. The fourth-order valence-electron chi connectivity index (χ4n) is 3.78. The molecule has 0 aliphatic carbocycles. The number of nitrogens with zero attached hydrogens (tertiary/aromatic N) is 1. The van der Waals surface area contributed by atoms with Crippen molar-refractivity contribution < 1.29 is 9.18 Å². The Morgan fingerprint density at radius 2 is 1.77 bits per heavy atom. The molecule has 4 aromatic rings. The normalized spacial score (nSPS) is 14.2. The molecule has 0 unspecified atom stereocenters. The number of aryl methyl sites for hydroxylation is 1. The number of imidazole rings is 1. The van der Waals surface area contributed by atoms with E-state index in [-0.39, 0.29) is 5.91 Å². The molecule has 6 heteroatoms. The van der Waals surface area contributed by atoms with Crippen molar-refractivity contribution in [3.05, 3.63) is 102 Å². The highest BCUT2D eigenvalue weighted by atomic mass is 19.1. The number of carbonyl (C=O) groups excluding carboxylic acids is 1. The Balaban J connectivity index is 1.59. The molecule has 5 rings (SSSR count). The number of carbonyl (C=O) groups is 1. The molecule has 31 heavy (non-hydrogen) atoms. The molecule has 1 aliphatic rings. The summed E-state index contributed by atoms with van der Waals surface area (Å²) < 4.78 is 13.7. The highest BCUT2D eigenvalue weighted by Gasteiger charge is 2.28. The second kappa shape index (κ2) is 7.57. The predicted octanol–water partition coefficient (Wildman–Crippen LogP) is 5.46. The second-order valence-corrected chi connectivity index (χ2v) is 7.34. The molecule has 2 heterocycles. The van der Waals surface area contributed by atoms with Gasteiger partial charge in [-0.25, -0.2) is 9.37 Å². The van der Waals surface area contributed by atoms with Crippen LogP contribution < -0.4 is 10.6 Å². The number of amides is 1. The Labute approximate surface area is 178 Å². The van der Waals surface area contributed by atoms with Crippen LogP contribution in [-0.4, -0.2) is 15.9 Å². The quantitative estimate of drug-likeness (QED) is 0.392. The van der Waals surface area contributed by atoms with Gasteiger partial charge in [0.05, 0.1) is 29.0 Å². The van der Waals surface area contributed by atoms with Gasteiger partial charge in [-0.15, -0.1) is 0 Å². The lowest BCUT2D eigenvalue weighted by atomic mass is 10.00. The molecule has 0 atom stereocenters. The van der Waals surface area contributed by atoms with Crippen LogP contribution in [0.1, 0.15) is 16.8 Å². The Morgan fingerprint density at radius 3 is 2.48 bits per heavy atom. The summed E-state index contributed by atoms with van der Waals surface area (Å²) >= 11 is 0. The molecule has 1 amide bonds. The van der Waals surface area contributed by atoms with Gasteiger partial charge >= 0.3 is 0 Å². The molecule has 0 radical (unpaired) electrons. The molecular formula is C25H19FN4O. The summed E-state index contributed by atoms with van der Waals surface area (Å²) in [5.74, 6) is -0.658. The minimum atomic E-state index is -0.390. The fourth-order valence-corrected chi connectivity index (χ4v) is 3.78. The van der Waals surface area contributed by atoms with Crippen LogP contribution in [0.3, 0.4) is 0 Å². The third kappa shape index (κ3) is 3.48.